The highest BCUT2D eigenvalue weighted by atomic mass is 16.3. The predicted molar refractivity (Wildman–Crippen MR) is 92.3 cm³/mol. The van der Waals surface area contributed by atoms with E-state index in [0.29, 0.717) is 5.52 Å². The maximum atomic E-state index is 10.1. The molecule has 0 unspecified atom stereocenters. The Morgan fingerprint density at radius 2 is 1.55 bits per heavy atom. The molecule has 3 rings (SSSR count). The number of hydrogen-bond donors (Lipinski definition) is 1. The number of rotatable bonds is 1. The third-order valence-electron chi connectivity index (χ3n) is 4.04. The lowest BCUT2D eigenvalue weighted by molar-refractivity contribution is 0.480. The van der Waals surface area contributed by atoms with Crippen molar-refractivity contribution in [3.63, 3.8) is 0 Å². The van der Waals surface area contributed by atoms with Crippen LogP contribution in [0.4, 0.5) is 0 Å². The first-order valence-corrected chi connectivity index (χ1v) is 7.56. The molecule has 0 aliphatic heterocycles. The van der Waals surface area contributed by atoms with E-state index in [2.05, 4.69) is 50.0 Å². The molecule has 2 nitrogen and oxygen atoms in total. The Kier molecular flexibility index (Phi) is 3.40. The van der Waals surface area contributed by atoms with Crippen molar-refractivity contribution in [2.45, 2.75) is 33.1 Å². The Hall–Kier alpha value is -2.35. The predicted octanol–water partition coefficient (Wildman–Crippen LogP) is 5.21. The summed E-state index contributed by atoms with van der Waals surface area (Å²) in [6, 6.07) is 16.3. The molecule has 0 fully saturated rings. The van der Waals surface area contributed by atoms with Crippen LogP contribution in [0.25, 0.3) is 22.0 Å². The van der Waals surface area contributed by atoms with Crippen molar-refractivity contribution in [3.8, 4) is 16.9 Å². The van der Waals surface area contributed by atoms with Crippen LogP contribution >= 0.6 is 0 Å². The summed E-state index contributed by atoms with van der Waals surface area (Å²) in [5.74, 6) is 0.230. The van der Waals surface area contributed by atoms with E-state index in [9.17, 15) is 5.11 Å². The molecule has 112 valence electrons. The Balaban J connectivity index is 2.16. The van der Waals surface area contributed by atoms with Gasteiger partial charge in [0.05, 0.1) is 0 Å². The van der Waals surface area contributed by atoms with E-state index in [0.717, 1.165) is 22.2 Å². The van der Waals surface area contributed by atoms with Gasteiger partial charge in [-0.15, -0.1) is 0 Å². The molecule has 0 aliphatic carbocycles. The van der Waals surface area contributed by atoms with Crippen LogP contribution in [0, 0.1) is 6.92 Å². The second kappa shape index (κ2) is 5.13. The minimum absolute atomic E-state index is 0.147. The first-order valence-electron chi connectivity index (χ1n) is 7.56. The number of benzene rings is 2. The number of nitrogens with zero attached hydrogens (tertiary/aromatic N) is 1. The van der Waals surface area contributed by atoms with E-state index < -0.39 is 0 Å². The summed E-state index contributed by atoms with van der Waals surface area (Å²) >= 11 is 0. The van der Waals surface area contributed by atoms with Crippen LogP contribution in [-0.2, 0) is 5.41 Å². The molecule has 1 aromatic heterocycles. The maximum absolute atomic E-state index is 10.1. The number of phenols is 1. The van der Waals surface area contributed by atoms with Crippen molar-refractivity contribution in [3.05, 3.63) is 59.8 Å². The summed E-state index contributed by atoms with van der Waals surface area (Å²) in [6.07, 6.45) is 0. The maximum Gasteiger partial charge on any atom is 0.141 e. The Morgan fingerprint density at radius 3 is 2.18 bits per heavy atom. The number of hydrogen-bond acceptors (Lipinski definition) is 2. The molecule has 1 N–H and O–H groups in total. The van der Waals surface area contributed by atoms with Crippen molar-refractivity contribution in [1.82, 2.24) is 4.98 Å². The monoisotopic (exact) mass is 291 g/mol. The second-order valence-corrected chi connectivity index (χ2v) is 6.81. The second-order valence-electron chi connectivity index (χ2n) is 6.81. The highest BCUT2D eigenvalue weighted by molar-refractivity contribution is 5.97. The van der Waals surface area contributed by atoms with Gasteiger partial charge in [-0.05, 0) is 47.2 Å². The number of pyridine rings is 1. The highest BCUT2D eigenvalue weighted by Crippen LogP contribution is 2.34. The first-order chi connectivity index (χ1) is 10.4. The van der Waals surface area contributed by atoms with Gasteiger partial charge in [-0.25, -0.2) is 4.98 Å². The van der Waals surface area contributed by atoms with Gasteiger partial charge >= 0.3 is 0 Å². The average molecular weight is 291 g/mol. The summed E-state index contributed by atoms with van der Waals surface area (Å²) in [6.45, 7) is 8.57. The zero-order valence-corrected chi connectivity index (χ0v) is 13.5. The molecule has 0 spiro atoms. The van der Waals surface area contributed by atoms with Crippen LogP contribution in [0.2, 0.25) is 0 Å². The molecule has 2 heteroatoms. The molecule has 0 bridgehead atoms. The Morgan fingerprint density at radius 1 is 0.864 bits per heavy atom. The first kappa shape index (κ1) is 14.6. The summed E-state index contributed by atoms with van der Waals surface area (Å²) in [4.78, 5) is 4.47. The van der Waals surface area contributed by atoms with Gasteiger partial charge in [0.2, 0.25) is 0 Å². The Bertz CT molecular complexity index is 827. The van der Waals surface area contributed by atoms with Gasteiger partial charge in [-0.3, -0.25) is 0 Å². The van der Waals surface area contributed by atoms with E-state index in [1.807, 2.05) is 25.1 Å². The molecule has 0 saturated carbocycles. The third-order valence-corrected chi connectivity index (χ3v) is 4.04. The Labute approximate surface area is 131 Å². The van der Waals surface area contributed by atoms with E-state index >= 15 is 0 Å². The molecular weight excluding hydrogens is 270 g/mol. The smallest absolute Gasteiger partial charge is 0.141 e. The molecule has 0 radical (unpaired) electrons. The van der Waals surface area contributed by atoms with Crippen molar-refractivity contribution < 1.29 is 5.11 Å². The largest absolute Gasteiger partial charge is 0.506 e. The van der Waals surface area contributed by atoms with E-state index in [1.165, 1.54) is 5.56 Å². The molecule has 0 aliphatic rings. The summed E-state index contributed by atoms with van der Waals surface area (Å²) in [7, 11) is 0. The lowest BCUT2D eigenvalue weighted by Crippen LogP contribution is -2.10. The number of fused-ring (bicyclic) bond motifs is 1. The third kappa shape index (κ3) is 2.57. The topological polar surface area (TPSA) is 33.1 Å². The fourth-order valence-corrected chi connectivity index (χ4v) is 2.70. The summed E-state index contributed by atoms with van der Waals surface area (Å²) in [5, 5.41) is 11.0. The van der Waals surface area contributed by atoms with Crippen molar-refractivity contribution >= 4 is 10.9 Å². The van der Waals surface area contributed by atoms with Crippen molar-refractivity contribution in [1.29, 1.82) is 0 Å². The van der Waals surface area contributed by atoms with Crippen LogP contribution in [0.1, 0.15) is 32.0 Å². The summed E-state index contributed by atoms with van der Waals surface area (Å²) in [5.41, 5.74) is 5.27. The molecular formula is C20H21NO. The van der Waals surface area contributed by atoms with Gasteiger partial charge in [0.1, 0.15) is 11.3 Å². The number of aromatic hydroxyl groups is 1. The van der Waals surface area contributed by atoms with Crippen molar-refractivity contribution in [2.24, 2.45) is 0 Å². The zero-order chi connectivity index (χ0) is 15.9. The van der Waals surface area contributed by atoms with Gasteiger partial charge in [-0.2, -0.15) is 0 Å². The molecule has 0 amide bonds. The molecule has 2 aromatic carbocycles. The lowest BCUT2D eigenvalue weighted by atomic mass is 9.86. The van der Waals surface area contributed by atoms with Gasteiger partial charge in [0.15, 0.2) is 0 Å². The lowest BCUT2D eigenvalue weighted by Gasteiger charge is -2.19. The highest BCUT2D eigenvalue weighted by Gasteiger charge is 2.14. The van der Waals surface area contributed by atoms with E-state index in [1.54, 1.807) is 6.07 Å². The van der Waals surface area contributed by atoms with E-state index in [4.69, 9.17) is 0 Å². The van der Waals surface area contributed by atoms with Crippen LogP contribution in [0.5, 0.6) is 5.75 Å². The number of aromatic nitrogens is 1. The number of aryl methyl sites for hydroxylation is 1. The molecule has 22 heavy (non-hydrogen) atoms. The molecule has 0 atom stereocenters. The van der Waals surface area contributed by atoms with Crippen LogP contribution < -0.4 is 0 Å². The minimum atomic E-state index is 0.147. The van der Waals surface area contributed by atoms with E-state index in [-0.39, 0.29) is 11.2 Å². The number of phenolic OH excluding ortho intramolecular Hbond substituents is 1. The average Bonchev–Trinajstić information content (AvgIpc) is 2.47. The fourth-order valence-electron chi connectivity index (χ4n) is 2.70. The SMILES string of the molecule is Cc1ccc2c(-c3ccc(C(C)(C)C)cc3)ccc(O)c2n1. The summed E-state index contributed by atoms with van der Waals surface area (Å²) < 4.78 is 0. The quantitative estimate of drug-likeness (QED) is 0.667. The standard InChI is InChI=1S/C20H21NO/c1-13-5-10-17-16(11-12-18(22)19(17)21-13)14-6-8-15(9-7-14)20(2,3)4/h5-12,22H,1-4H3. The normalized spacial score (nSPS) is 11.8. The van der Waals surface area contributed by atoms with Gasteiger partial charge < -0.3 is 5.11 Å². The molecule has 1 heterocycles. The van der Waals surface area contributed by atoms with Crippen LogP contribution in [0.15, 0.2) is 48.5 Å². The zero-order valence-electron chi connectivity index (χ0n) is 13.5. The van der Waals surface area contributed by atoms with Gasteiger partial charge in [0.25, 0.3) is 0 Å². The molecule has 0 saturated heterocycles. The van der Waals surface area contributed by atoms with Crippen LogP contribution in [0.3, 0.4) is 0 Å². The van der Waals surface area contributed by atoms with Crippen molar-refractivity contribution in [2.75, 3.05) is 0 Å². The molecule has 3 aromatic rings. The van der Waals surface area contributed by atoms with Crippen LogP contribution in [-0.4, -0.2) is 10.1 Å². The fraction of sp³-hybridized carbons (Fsp3) is 0.250. The van der Waals surface area contributed by atoms with Gasteiger partial charge in [0, 0.05) is 11.1 Å². The van der Waals surface area contributed by atoms with Gasteiger partial charge in [-0.1, -0.05) is 51.1 Å². The minimum Gasteiger partial charge on any atom is -0.506 e.